The van der Waals surface area contributed by atoms with Crippen molar-refractivity contribution in [3.8, 4) is 12.1 Å². The summed E-state index contributed by atoms with van der Waals surface area (Å²) < 4.78 is 11.5. The number of anilines is 2. The molecule has 2 aromatic carbocycles. The maximum Gasteiger partial charge on any atom is 0.123 e. The van der Waals surface area contributed by atoms with Crippen molar-refractivity contribution in [2.45, 2.75) is 0 Å². The number of nitrogens with zero attached hydrogens (tertiary/aromatic N) is 4. The molecule has 0 atom stereocenters. The van der Waals surface area contributed by atoms with Crippen molar-refractivity contribution in [1.29, 1.82) is 10.5 Å². The minimum Gasteiger partial charge on any atom is -0.341 e. The van der Waals surface area contributed by atoms with Crippen molar-refractivity contribution in [2.75, 3.05) is 36.7 Å². The Kier molecular flexibility index (Phi) is 4.93. The van der Waals surface area contributed by atoms with Crippen LogP contribution in [-0.4, -0.2) is 26.9 Å². The van der Waals surface area contributed by atoms with E-state index < -0.39 is 0 Å². The van der Waals surface area contributed by atoms with Crippen LogP contribution in [0.4, 0.5) is 11.4 Å². The van der Waals surface area contributed by atoms with E-state index in [9.17, 15) is 0 Å². The van der Waals surface area contributed by atoms with Gasteiger partial charge in [-0.1, -0.05) is 0 Å². The molecule has 0 saturated carbocycles. The van der Waals surface area contributed by atoms with Crippen LogP contribution in [0.1, 0.15) is 11.1 Å². The molecule has 1 saturated heterocycles. The number of benzene rings is 2. The van der Waals surface area contributed by atoms with Crippen LogP contribution in [0.15, 0.2) is 48.5 Å². The molecule has 0 aromatic heterocycles. The van der Waals surface area contributed by atoms with E-state index in [2.05, 4.69) is 12.1 Å². The van der Waals surface area contributed by atoms with E-state index in [1.165, 1.54) is 0 Å². The van der Waals surface area contributed by atoms with Crippen LogP contribution in [0.2, 0.25) is 0 Å². The van der Waals surface area contributed by atoms with Gasteiger partial charge in [0, 0.05) is 11.4 Å². The third kappa shape index (κ3) is 3.64. The normalized spacial score (nSPS) is 15.1. The average Bonchev–Trinajstić information content (AvgIpc) is 2.62. The lowest BCUT2D eigenvalue weighted by molar-refractivity contribution is 0.0407. The third-order valence-electron chi connectivity index (χ3n) is 3.71. The smallest absolute Gasteiger partial charge is 0.123 e. The molecule has 0 spiro atoms. The van der Waals surface area contributed by atoms with E-state index >= 15 is 0 Å². The summed E-state index contributed by atoms with van der Waals surface area (Å²) in [6.07, 6.45) is 0. The minimum absolute atomic E-state index is 0.388. The molecule has 1 heterocycles. The highest BCUT2D eigenvalue weighted by Gasteiger charge is 2.14. The Morgan fingerprint density at radius 3 is 1.25 bits per heavy atom. The Bertz CT molecular complexity index is 684. The average molecular weight is 320 g/mol. The molecule has 0 aliphatic carbocycles. The zero-order chi connectivity index (χ0) is 16.8. The van der Waals surface area contributed by atoms with Crippen molar-refractivity contribution >= 4 is 11.4 Å². The van der Waals surface area contributed by atoms with Crippen LogP contribution >= 0.6 is 0 Å². The summed E-state index contributed by atoms with van der Waals surface area (Å²) in [7, 11) is 0. The summed E-state index contributed by atoms with van der Waals surface area (Å²) in [6, 6.07) is 18.8. The van der Waals surface area contributed by atoms with Crippen molar-refractivity contribution in [1.82, 2.24) is 0 Å². The highest BCUT2D eigenvalue weighted by molar-refractivity contribution is 5.50. The standard InChI is InChI=1S/C18H16N4O2/c19-9-15-1-5-17(6-2-15)21-11-23-13-22(14-24-12-21)18-7-3-16(10-20)4-8-18/h1-8H,11-14H2. The molecular formula is C18H16N4O2. The predicted octanol–water partition coefficient (Wildman–Crippen LogP) is 2.62. The van der Waals surface area contributed by atoms with Gasteiger partial charge in [-0.3, -0.25) is 0 Å². The summed E-state index contributed by atoms with van der Waals surface area (Å²) in [5.41, 5.74) is 3.14. The second-order valence-electron chi connectivity index (χ2n) is 5.32. The Hall–Kier alpha value is -3.06. The first-order chi connectivity index (χ1) is 11.8. The molecule has 1 aliphatic heterocycles. The lowest BCUT2D eigenvalue weighted by Gasteiger charge is -2.32. The van der Waals surface area contributed by atoms with Gasteiger partial charge in [0.2, 0.25) is 0 Å². The van der Waals surface area contributed by atoms with Gasteiger partial charge < -0.3 is 19.3 Å². The fourth-order valence-corrected chi connectivity index (χ4v) is 2.39. The van der Waals surface area contributed by atoms with E-state index in [-0.39, 0.29) is 0 Å². The zero-order valence-electron chi connectivity index (χ0n) is 13.1. The monoisotopic (exact) mass is 320 g/mol. The fourth-order valence-electron chi connectivity index (χ4n) is 2.39. The van der Waals surface area contributed by atoms with Crippen LogP contribution < -0.4 is 9.80 Å². The SMILES string of the molecule is N#Cc1ccc(N2COCN(c3ccc(C#N)cc3)COC2)cc1. The van der Waals surface area contributed by atoms with Crippen LogP contribution in [0.3, 0.4) is 0 Å². The summed E-state index contributed by atoms with van der Waals surface area (Å²) in [4.78, 5) is 3.91. The Morgan fingerprint density at radius 1 is 0.625 bits per heavy atom. The van der Waals surface area contributed by atoms with Gasteiger partial charge >= 0.3 is 0 Å². The number of hydrogen-bond acceptors (Lipinski definition) is 6. The van der Waals surface area contributed by atoms with Gasteiger partial charge in [0.1, 0.15) is 26.9 Å². The van der Waals surface area contributed by atoms with Gasteiger partial charge in [0.25, 0.3) is 0 Å². The molecule has 3 rings (SSSR count). The van der Waals surface area contributed by atoms with Gasteiger partial charge in [0.05, 0.1) is 23.3 Å². The maximum atomic E-state index is 8.86. The first-order valence-electron chi connectivity index (χ1n) is 7.46. The Balaban J connectivity index is 1.62. The molecule has 1 fully saturated rings. The Morgan fingerprint density at radius 2 is 0.958 bits per heavy atom. The Labute approximate surface area is 140 Å². The van der Waals surface area contributed by atoms with Crippen LogP contribution in [0, 0.1) is 22.7 Å². The molecule has 0 amide bonds. The van der Waals surface area contributed by atoms with Crippen LogP contribution in [-0.2, 0) is 9.47 Å². The van der Waals surface area contributed by atoms with E-state index in [0.29, 0.717) is 38.1 Å². The second kappa shape index (κ2) is 7.47. The molecule has 0 bridgehead atoms. The van der Waals surface area contributed by atoms with E-state index in [1.54, 1.807) is 24.3 Å². The molecule has 0 N–H and O–H groups in total. The molecule has 120 valence electrons. The molecule has 1 aliphatic rings. The predicted molar refractivity (Wildman–Crippen MR) is 88.9 cm³/mol. The first kappa shape index (κ1) is 15.8. The highest BCUT2D eigenvalue weighted by atomic mass is 16.5. The van der Waals surface area contributed by atoms with Crippen molar-refractivity contribution in [3.63, 3.8) is 0 Å². The number of rotatable bonds is 2. The molecule has 6 heteroatoms. The van der Waals surface area contributed by atoms with E-state index in [1.807, 2.05) is 34.1 Å². The van der Waals surface area contributed by atoms with Crippen LogP contribution in [0.5, 0.6) is 0 Å². The topological polar surface area (TPSA) is 72.5 Å². The summed E-state index contributed by atoms with van der Waals surface area (Å²) in [6.45, 7) is 1.55. The van der Waals surface area contributed by atoms with E-state index in [0.717, 1.165) is 11.4 Å². The molecule has 0 radical (unpaired) electrons. The number of hydrogen-bond donors (Lipinski definition) is 0. The zero-order valence-corrected chi connectivity index (χ0v) is 13.1. The van der Waals surface area contributed by atoms with Crippen molar-refractivity contribution < 1.29 is 9.47 Å². The third-order valence-corrected chi connectivity index (χ3v) is 3.71. The summed E-state index contributed by atoms with van der Waals surface area (Å²) >= 11 is 0. The quantitative estimate of drug-likeness (QED) is 0.847. The van der Waals surface area contributed by atoms with Gasteiger partial charge in [-0.05, 0) is 48.5 Å². The molecule has 24 heavy (non-hydrogen) atoms. The van der Waals surface area contributed by atoms with Crippen molar-refractivity contribution in [2.24, 2.45) is 0 Å². The molecule has 2 aromatic rings. The first-order valence-corrected chi connectivity index (χ1v) is 7.46. The minimum atomic E-state index is 0.388. The van der Waals surface area contributed by atoms with E-state index in [4.69, 9.17) is 20.0 Å². The van der Waals surface area contributed by atoms with Gasteiger partial charge in [0.15, 0.2) is 0 Å². The summed E-state index contributed by atoms with van der Waals surface area (Å²) in [5.74, 6) is 0. The molecule has 6 nitrogen and oxygen atoms in total. The molecule has 0 unspecified atom stereocenters. The molecular weight excluding hydrogens is 304 g/mol. The lowest BCUT2D eigenvalue weighted by atomic mass is 10.2. The second-order valence-corrected chi connectivity index (χ2v) is 5.32. The number of nitriles is 2. The van der Waals surface area contributed by atoms with Gasteiger partial charge in [-0.15, -0.1) is 0 Å². The lowest BCUT2D eigenvalue weighted by Crippen LogP contribution is -2.39. The van der Waals surface area contributed by atoms with Gasteiger partial charge in [-0.25, -0.2) is 0 Å². The maximum absolute atomic E-state index is 8.86. The van der Waals surface area contributed by atoms with Crippen LogP contribution in [0.25, 0.3) is 0 Å². The van der Waals surface area contributed by atoms with Gasteiger partial charge in [-0.2, -0.15) is 10.5 Å². The van der Waals surface area contributed by atoms with Crippen molar-refractivity contribution in [3.05, 3.63) is 59.7 Å². The summed E-state index contributed by atoms with van der Waals surface area (Å²) in [5, 5.41) is 17.7. The largest absolute Gasteiger partial charge is 0.341 e. The number of ether oxygens (including phenoxy) is 2. The highest BCUT2D eigenvalue weighted by Crippen LogP contribution is 2.19. The fraction of sp³-hybridized carbons (Fsp3) is 0.222.